The summed E-state index contributed by atoms with van der Waals surface area (Å²) in [6, 6.07) is 8.04. The molecule has 0 aliphatic rings. The van der Waals surface area contributed by atoms with Gasteiger partial charge in [-0.2, -0.15) is 0 Å². The van der Waals surface area contributed by atoms with E-state index in [2.05, 4.69) is 31.3 Å². The molecular weight excluding hydrogens is 268 g/mol. The van der Waals surface area contributed by atoms with Crippen LogP contribution in [0.5, 0.6) is 0 Å². The number of hydrogen-bond donors (Lipinski definition) is 2. The second-order valence-corrected chi connectivity index (χ2v) is 5.48. The summed E-state index contributed by atoms with van der Waals surface area (Å²) in [4.78, 5) is 23.8. The predicted molar refractivity (Wildman–Crippen MR) is 82.3 cm³/mol. The van der Waals surface area contributed by atoms with Crippen molar-refractivity contribution in [2.45, 2.75) is 39.2 Å². The fourth-order valence-electron chi connectivity index (χ4n) is 1.92. The maximum absolute atomic E-state index is 11.8. The number of benzene rings is 1. The molecule has 0 unspecified atom stereocenters. The molecule has 1 rings (SSSR count). The van der Waals surface area contributed by atoms with E-state index in [9.17, 15) is 9.59 Å². The Balaban J connectivity index is 2.39. The van der Waals surface area contributed by atoms with Crippen molar-refractivity contribution < 1.29 is 14.7 Å². The van der Waals surface area contributed by atoms with Crippen molar-refractivity contribution in [3.63, 3.8) is 0 Å². The second-order valence-electron chi connectivity index (χ2n) is 5.48. The lowest BCUT2D eigenvalue weighted by Crippen LogP contribution is -2.37. The molecule has 2 amide bonds. The fourth-order valence-corrected chi connectivity index (χ4v) is 1.92. The highest BCUT2D eigenvalue weighted by atomic mass is 16.4. The molecule has 0 heterocycles. The van der Waals surface area contributed by atoms with Gasteiger partial charge in [0.25, 0.3) is 0 Å². The van der Waals surface area contributed by atoms with E-state index in [0.29, 0.717) is 25.4 Å². The minimum atomic E-state index is -0.845. The lowest BCUT2D eigenvalue weighted by atomic mass is 10.0. The Bertz CT molecular complexity index is 469. The summed E-state index contributed by atoms with van der Waals surface area (Å²) in [5.41, 5.74) is 2.35. The monoisotopic (exact) mass is 292 g/mol. The van der Waals surface area contributed by atoms with E-state index < -0.39 is 5.97 Å². The van der Waals surface area contributed by atoms with E-state index in [1.54, 1.807) is 11.9 Å². The summed E-state index contributed by atoms with van der Waals surface area (Å²) < 4.78 is 0. The van der Waals surface area contributed by atoms with Crippen molar-refractivity contribution in [3.05, 3.63) is 35.4 Å². The van der Waals surface area contributed by atoms with Gasteiger partial charge in [0, 0.05) is 26.6 Å². The fraction of sp³-hybridized carbons (Fsp3) is 0.500. The molecule has 0 bridgehead atoms. The van der Waals surface area contributed by atoms with Crippen LogP contribution in [0.4, 0.5) is 4.79 Å². The molecule has 0 aromatic heterocycles. The molecule has 5 nitrogen and oxygen atoms in total. The standard InChI is InChI=1S/C16H24N2O3/c1-12(2)14-8-6-13(7-9-14)11-18(3)16(21)17-10-4-5-15(19)20/h6-9,12H,4-5,10-11H2,1-3H3,(H,17,21)(H,19,20). The smallest absolute Gasteiger partial charge is 0.317 e. The lowest BCUT2D eigenvalue weighted by Gasteiger charge is -2.18. The first-order valence-corrected chi connectivity index (χ1v) is 7.19. The highest BCUT2D eigenvalue weighted by Gasteiger charge is 2.09. The maximum Gasteiger partial charge on any atom is 0.317 e. The van der Waals surface area contributed by atoms with Gasteiger partial charge in [-0.1, -0.05) is 38.1 Å². The van der Waals surface area contributed by atoms with Crippen molar-refractivity contribution in [1.29, 1.82) is 0 Å². The summed E-state index contributed by atoms with van der Waals surface area (Å²) >= 11 is 0. The number of aliphatic carboxylic acids is 1. The molecule has 0 radical (unpaired) electrons. The number of carboxylic acid groups (broad SMARTS) is 1. The number of nitrogens with zero attached hydrogens (tertiary/aromatic N) is 1. The van der Waals surface area contributed by atoms with Gasteiger partial charge in [0.2, 0.25) is 0 Å². The molecule has 116 valence electrons. The molecule has 0 atom stereocenters. The van der Waals surface area contributed by atoms with E-state index in [4.69, 9.17) is 5.11 Å². The molecule has 5 heteroatoms. The predicted octanol–water partition coefficient (Wildman–Crippen LogP) is 2.82. The number of nitrogens with one attached hydrogen (secondary N) is 1. The molecule has 1 aromatic rings. The Morgan fingerprint density at radius 3 is 2.38 bits per heavy atom. The van der Waals surface area contributed by atoms with Crippen molar-refractivity contribution in [2.75, 3.05) is 13.6 Å². The van der Waals surface area contributed by atoms with Gasteiger partial charge in [-0.25, -0.2) is 4.79 Å². The van der Waals surface area contributed by atoms with Crippen molar-refractivity contribution in [2.24, 2.45) is 0 Å². The Morgan fingerprint density at radius 1 is 1.24 bits per heavy atom. The Labute approximate surface area is 126 Å². The quantitative estimate of drug-likeness (QED) is 0.759. The first kappa shape index (κ1) is 17.0. The summed E-state index contributed by atoms with van der Waals surface area (Å²) in [6.07, 6.45) is 0.513. The van der Waals surface area contributed by atoms with Crippen molar-refractivity contribution in [3.8, 4) is 0 Å². The molecule has 1 aromatic carbocycles. The van der Waals surface area contributed by atoms with E-state index in [-0.39, 0.29) is 12.5 Å². The highest BCUT2D eigenvalue weighted by Crippen LogP contribution is 2.15. The van der Waals surface area contributed by atoms with Crippen LogP contribution < -0.4 is 5.32 Å². The number of hydrogen-bond acceptors (Lipinski definition) is 2. The highest BCUT2D eigenvalue weighted by molar-refractivity contribution is 5.74. The van der Waals surface area contributed by atoms with Crippen molar-refractivity contribution in [1.82, 2.24) is 10.2 Å². The van der Waals surface area contributed by atoms with Crippen LogP contribution in [0.25, 0.3) is 0 Å². The summed E-state index contributed by atoms with van der Waals surface area (Å²) in [5, 5.41) is 11.2. The van der Waals surface area contributed by atoms with Crippen LogP contribution in [-0.2, 0) is 11.3 Å². The van der Waals surface area contributed by atoms with Crippen LogP contribution in [0.3, 0.4) is 0 Å². The lowest BCUT2D eigenvalue weighted by molar-refractivity contribution is -0.137. The topological polar surface area (TPSA) is 69.6 Å². The zero-order valence-corrected chi connectivity index (χ0v) is 12.9. The molecule has 0 aliphatic carbocycles. The van der Waals surface area contributed by atoms with Gasteiger partial charge in [-0.15, -0.1) is 0 Å². The van der Waals surface area contributed by atoms with E-state index >= 15 is 0 Å². The van der Waals surface area contributed by atoms with Gasteiger partial charge in [-0.05, 0) is 23.5 Å². The molecule has 2 N–H and O–H groups in total. The van der Waals surface area contributed by atoms with E-state index in [0.717, 1.165) is 5.56 Å². The Morgan fingerprint density at radius 2 is 1.86 bits per heavy atom. The Hall–Kier alpha value is -2.04. The summed E-state index contributed by atoms with van der Waals surface area (Å²) in [6.45, 7) is 5.20. The van der Waals surface area contributed by atoms with Gasteiger partial charge < -0.3 is 15.3 Å². The molecule has 0 fully saturated rings. The normalized spacial score (nSPS) is 10.5. The maximum atomic E-state index is 11.8. The molecule has 0 saturated carbocycles. The van der Waals surface area contributed by atoms with Crippen LogP contribution >= 0.6 is 0 Å². The minimum Gasteiger partial charge on any atom is -0.481 e. The molecule has 0 spiro atoms. The van der Waals surface area contributed by atoms with Crippen LogP contribution in [0.15, 0.2) is 24.3 Å². The number of carbonyl (C=O) groups excluding carboxylic acids is 1. The average molecular weight is 292 g/mol. The third kappa shape index (κ3) is 6.29. The number of carbonyl (C=O) groups is 2. The number of rotatable bonds is 7. The van der Waals surface area contributed by atoms with Gasteiger partial charge in [0.15, 0.2) is 0 Å². The van der Waals surface area contributed by atoms with Crippen LogP contribution in [0.2, 0.25) is 0 Å². The van der Waals surface area contributed by atoms with E-state index in [1.165, 1.54) is 5.56 Å². The van der Waals surface area contributed by atoms with Crippen molar-refractivity contribution >= 4 is 12.0 Å². The first-order valence-electron chi connectivity index (χ1n) is 7.19. The average Bonchev–Trinajstić information content (AvgIpc) is 2.43. The van der Waals surface area contributed by atoms with Gasteiger partial charge in [-0.3, -0.25) is 4.79 Å². The van der Waals surface area contributed by atoms with Gasteiger partial charge in [0.1, 0.15) is 0 Å². The minimum absolute atomic E-state index is 0.0701. The SMILES string of the molecule is CC(C)c1ccc(CN(C)C(=O)NCCCC(=O)O)cc1. The molecular formula is C16H24N2O3. The molecule has 0 aliphatic heterocycles. The number of amides is 2. The third-order valence-corrected chi connectivity index (χ3v) is 3.26. The zero-order valence-electron chi connectivity index (χ0n) is 12.9. The summed E-state index contributed by atoms with van der Waals surface area (Å²) in [5.74, 6) is -0.350. The molecule has 21 heavy (non-hydrogen) atoms. The van der Waals surface area contributed by atoms with Gasteiger partial charge >= 0.3 is 12.0 Å². The number of urea groups is 1. The zero-order chi connectivity index (χ0) is 15.8. The van der Waals surface area contributed by atoms with Crippen LogP contribution in [0, 0.1) is 0 Å². The van der Waals surface area contributed by atoms with E-state index in [1.807, 2.05) is 12.1 Å². The van der Waals surface area contributed by atoms with Gasteiger partial charge in [0.05, 0.1) is 0 Å². The van der Waals surface area contributed by atoms with Crippen LogP contribution in [-0.4, -0.2) is 35.6 Å². The number of carboxylic acids is 1. The third-order valence-electron chi connectivity index (χ3n) is 3.26. The Kier molecular flexibility index (Phi) is 6.72. The molecule has 0 saturated heterocycles. The first-order chi connectivity index (χ1) is 9.90. The van der Waals surface area contributed by atoms with Crippen LogP contribution in [0.1, 0.15) is 43.7 Å². The largest absolute Gasteiger partial charge is 0.481 e. The summed E-state index contributed by atoms with van der Waals surface area (Å²) in [7, 11) is 1.73. The second kappa shape index (κ2) is 8.29.